The predicted molar refractivity (Wildman–Crippen MR) is 162 cm³/mol. The Bertz CT molecular complexity index is 1260. The number of thioether (sulfide) groups is 1. The van der Waals surface area contributed by atoms with Crippen molar-refractivity contribution in [1.82, 2.24) is 0 Å². The number of fused-ring (bicyclic) bond motifs is 2. The smallest absolute Gasteiger partial charge is 0.358 e. The Hall–Kier alpha value is -2.41. The third kappa shape index (κ3) is 6.19. The summed E-state index contributed by atoms with van der Waals surface area (Å²) in [7, 11) is 0. The largest absolute Gasteiger partial charge is 3.00 e. The first-order valence-corrected chi connectivity index (χ1v) is 12.8. The molecule has 4 aromatic rings. The molecule has 0 saturated heterocycles. The summed E-state index contributed by atoms with van der Waals surface area (Å²) < 4.78 is 0. The van der Waals surface area contributed by atoms with Crippen LogP contribution in [0.15, 0.2) is 109 Å². The van der Waals surface area contributed by atoms with Crippen molar-refractivity contribution >= 4 is 23.9 Å². The van der Waals surface area contributed by atoms with Crippen LogP contribution in [0.2, 0.25) is 0 Å². The van der Waals surface area contributed by atoms with Gasteiger partial charge in [0.05, 0.1) is 0 Å². The number of benzene rings is 4. The topological polar surface area (TPSA) is 0 Å². The molecule has 0 bridgehead atoms. The molecule has 0 N–H and O–H groups in total. The van der Waals surface area contributed by atoms with E-state index >= 15 is 0 Å². The van der Waals surface area contributed by atoms with Crippen molar-refractivity contribution in [3.8, 4) is 0 Å². The van der Waals surface area contributed by atoms with Gasteiger partial charge in [0.2, 0.25) is 0 Å². The third-order valence-electron chi connectivity index (χ3n) is 6.89. The first kappa shape index (κ1) is 30.8. The third-order valence-corrected chi connectivity index (χ3v) is 7.92. The van der Waals surface area contributed by atoms with Crippen LogP contribution in [0.5, 0.6) is 0 Å². The molecule has 6 rings (SSSR count). The van der Waals surface area contributed by atoms with Gasteiger partial charge in [-0.15, -0.1) is 0 Å². The van der Waals surface area contributed by atoms with Gasteiger partial charge in [-0.05, 0) is 44.5 Å². The number of allylic oxidation sites excluding steroid dienone is 2. The summed E-state index contributed by atoms with van der Waals surface area (Å²) in [6, 6.07) is 35.5. The molecule has 0 heterocycles. The van der Waals surface area contributed by atoms with E-state index in [4.69, 9.17) is 0 Å². The van der Waals surface area contributed by atoms with E-state index < -0.39 is 0 Å². The Morgan fingerprint density at radius 1 is 0.459 bits per heavy atom. The normalized spacial score (nSPS) is 15.9. The SMILES string of the molecule is C1=CC(c2ccccc2CSCc2ccccc2C2C=Cc3ccccc32)c2ccccc21.[CH3-].[CH3-].[CH3-].[Zr+3]. The average Bonchev–Trinajstić information content (AvgIpc) is 3.49. The van der Waals surface area contributed by atoms with E-state index in [-0.39, 0.29) is 48.5 Å². The molecule has 2 aliphatic rings. The molecule has 0 aliphatic heterocycles. The van der Waals surface area contributed by atoms with Crippen molar-refractivity contribution in [1.29, 1.82) is 0 Å². The van der Waals surface area contributed by atoms with Gasteiger partial charge in [-0.2, -0.15) is 11.8 Å². The van der Waals surface area contributed by atoms with Gasteiger partial charge >= 0.3 is 26.2 Å². The Labute approximate surface area is 248 Å². The number of rotatable bonds is 6. The Morgan fingerprint density at radius 2 is 0.811 bits per heavy atom. The zero-order valence-electron chi connectivity index (χ0n) is 22.0. The van der Waals surface area contributed by atoms with E-state index in [0.717, 1.165) is 11.5 Å². The Balaban J connectivity index is 0.00000120. The molecular weight excluding hydrogens is 544 g/mol. The Kier molecular flexibility index (Phi) is 11.6. The summed E-state index contributed by atoms with van der Waals surface area (Å²) in [6.45, 7) is 0. The predicted octanol–water partition coefficient (Wildman–Crippen LogP) is 9.79. The zero-order valence-corrected chi connectivity index (χ0v) is 25.3. The first-order chi connectivity index (χ1) is 16.4. The van der Waals surface area contributed by atoms with Gasteiger partial charge in [0, 0.05) is 23.3 Å². The molecule has 0 amide bonds. The van der Waals surface area contributed by atoms with Crippen LogP contribution in [0.25, 0.3) is 12.2 Å². The fourth-order valence-corrected chi connectivity index (χ4v) is 6.32. The molecule has 37 heavy (non-hydrogen) atoms. The maximum atomic E-state index is 2.35. The first-order valence-electron chi connectivity index (χ1n) is 11.7. The van der Waals surface area contributed by atoms with Crippen LogP contribution in [-0.4, -0.2) is 0 Å². The second kappa shape index (κ2) is 13.9. The van der Waals surface area contributed by atoms with E-state index in [0.29, 0.717) is 11.8 Å². The van der Waals surface area contributed by atoms with Crippen LogP contribution in [0.1, 0.15) is 56.3 Å². The molecule has 1 radical (unpaired) electrons. The van der Waals surface area contributed by atoms with Crippen LogP contribution in [0.3, 0.4) is 0 Å². The summed E-state index contributed by atoms with van der Waals surface area (Å²) >= 11 is 2.02. The maximum Gasteiger partial charge on any atom is 3.00 e. The molecule has 0 aromatic heterocycles. The van der Waals surface area contributed by atoms with Gasteiger partial charge in [-0.25, -0.2) is 0 Å². The van der Waals surface area contributed by atoms with Crippen molar-refractivity contribution in [2.24, 2.45) is 0 Å². The summed E-state index contributed by atoms with van der Waals surface area (Å²) in [6.07, 6.45) is 9.25. The van der Waals surface area contributed by atoms with Crippen molar-refractivity contribution < 1.29 is 26.2 Å². The number of hydrogen-bond donors (Lipinski definition) is 0. The van der Waals surface area contributed by atoms with Crippen LogP contribution >= 0.6 is 11.8 Å². The average molecular weight is 579 g/mol. The number of hydrogen-bond acceptors (Lipinski definition) is 1. The van der Waals surface area contributed by atoms with Gasteiger partial charge < -0.3 is 22.3 Å². The fourth-order valence-electron chi connectivity index (χ4n) is 5.25. The molecular formula is C35H35SZr. The van der Waals surface area contributed by atoms with Crippen LogP contribution in [-0.2, 0) is 37.7 Å². The molecule has 4 aromatic carbocycles. The summed E-state index contributed by atoms with van der Waals surface area (Å²) in [5.41, 5.74) is 11.3. The minimum absolute atomic E-state index is 0. The standard InChI is InChI=1S/C32H26S.3CH3.Zr/c1-5-13-27-23(9-1)17-19-31(27)29-15-7-3-11-25(29)21-33-22-26-12-4-8-16-30(26)32-20-18-24-10-2-6-14-28(24)32;;;;/h1-20,31-32H,21-22H2;3*1H3;/q;3*-1;+3. The van der Waals surface area contributed by atoms with Gasteiger partial charge in [0.15, 0.2) is 0 Å². The Morgan fingerprint density at radius 3 is 1.24 bits per heavy atom. The minimum Gasteiger partial charge on any atom is -0.358 e. The van der Waals surface area contributed by atoms with E-state index in [9.17, 15) is 0 Å². The van der Waals surface area contributed by atoms with Gasteiger partial charge in [0.1, 0.15) is 0 Å². The minimum atomic E-state index is 0. The quantitative estimate of drug-likeness (QED) is 0.205. The molecule has 0 saturated carbocycles. The molecule has 2 atom stereocenters. The van der Waals surface area contributed by atoms with E-state index in [2.05, 4.69) is 121 Å². The van der Waals surface area contributed by atoms with Crippen molar-refractivity contribution in [2.75, 3.05) is 0 Å². The van der Waals surface area contributed by atoms with Crippen LogP contribution in [0, 0.1) is 22.3 Å². The molecule has 0 nitrogen and oxygen atoms in total. The monoisotopic (exact) mass is 577 g/mol. The van der Waals surface area contributed by atoms with E-state index in [1.165, 1.54) is 44.5 Å². The second-order valence-corrected chi connectivity index (χ2v) is 9.81. The fraction of sp³-hybridized carbons (Fsp3) is 0.114. The van der Waals surface area contributed by atoms with Crippen molar-refractivity contribution in [3.05, 3.63) is 176 Å². The molecule has 2 heteroatoms. The van der Waals surface area contributed by atoms with Crippen LogP contribution < -0.4 is 0 Å². The molecule has 0 fully saturated rings. The summed E-state index contributed by atoms with van der Waals surface area (Å²) in [5.74, 6) is 2.78. The van der Waals surface area contributed by atoms with Gasteiger partial charge in [-0.3, -0.25) is 0 Å². The molecule has 185 valence electrons. The molecule has 2 aliphatic carbocycles. The molecule has 0 spiro atoms. The van der Waals surface area contributed by atoms with Gasteiger partial charge in [-0.1, -0.05) is 121 Å². The molecule has 2 unspecified atom stereocenters. The second-order valence-electron chi connectivity index (χ2n) is 8.82. The summed E-state index contributed by atoms with van der Waals surface area (Å²) in [5, 5.41) is 0. The van der Waals surface area contributed by atoms with Crippen molar-refractivity contribution in [3.63, 3.8) is 0 Å². The maximum absolute atomic E-state index is 2.35. The zero-order chi connectivity index (χ0) is 22.0. The van der Waals surface area contributed by atoms with E-state index in [1.54, 1.807) is 0 Å². The van der Waals surface area contributed by atoms with E-state index in [1.807, 2.05) is 11.8 Å². The van der Waals surface area contributed by atoms with Gasteiger partial charge in [0.25, 0.3) is 0 Å². The van der Waals surface area contributed by atoms with Crippen molar-refractivity contribution in [2.45, 2.75) is 23.3 Å². The summed E-state index contributed by atoms with van der Waals surface area (Å²) in [4.78, 5) is 0. The van der Waals surface area contributed by atoms with Crippen LogP contribution in [0.4, 0.5) is 0 Å².